The minimum Gasteiger partial charge on any atom is -0.334 e. The summed E-state index contributed by atoms with van der Waals surface area (Å²) in [4.78, 5) is 13.6. The molecule has 3 rings (SSSR count). The van der Waals surface area contributed by atoms with Crippen molar-refractivity contribution in [2.75, 3.05) is 6.54 Å². The van der Waals surface area contributed by atoms with E-state index in [-0.39, 0.29) is 18.0 Å². The first kappa shape index (κ1) is 8.92. The number of rotatable bonds is 0. The van der Waals surface area contributed by atoms with Gasteiger partial charge in [-0.25, -0.2) is 0 Å². The van der Waals surface area contributed by atoms with Gasteiger partial charge in [-0.05, 0) is 17.5 Å². The minimum atomic E-state index is -0.0288. The monoisotopic (exact) mass is 202 g/mol. The molecule has 2 aliphatic rings. The van der Waals surface area contributed by atoms with Crippen LogP contribution in [0.2, 0.25) is 0 Å². The highest BCUT2D eigenvalue weighted by atomic mass is 16.2. The minimum absolute atomic E-state index is 0.0288. The number of nitrogens with zero attached hydrogens (tertiary/aromatic N) is 1. The molecule has 15 heavy (non-hydrogen) atoms. The molecule has 0 aliphatic carbocycles. The Labute approximate surface area is 88.9 Å². The second-order valence-electron chi connectivity index (χ2n) is 4.35. The van der Waals surface area contributed by atoms with Crippen molar-refractivity contribution in [2.24, 2.45) is 5.73 Å². The van der Waals surface area contributed by atoms with Crippen molar-refractivity contribution >= 4 is 5.91 Å². The van der Waals surface area contributed by atoms with E-state index in [4.69, 9.17) is 5.73 Å². The molecule has 0 aromatic heterocycles. The highest BCUT2D eigenvalue weighted by Crippen LogP contribution is 2.37. The maximum atomic E-state index is 11.7. The number of carbonyl (C=O) groups excluding carboxylic acids is 1. The van der Waals surface area contributed by atoms with Crippen LogP contribution in [0.3, 0.4) is 0 Å². The zero-order chi connectivity index (χ0) is 10.4. The number of amides is 1. The summed E-state index contributed by atoms with van der Waals surface area (Å²) >= 11 is 0. The van der Waals surface area contributed by atoms with Crippen molar-refractivity contribution < 1.29 is 4.79 Å². The maximum absolute atomic E-state index is 11.7. The molecule has 2 N–H and O–H groups in total. The fourth-order valence-electron chi connectivity index (χ4n) is 2.77. The van der Waals surface area contributed by atoms with Gasteiger partial charge in [0.1, 0.15) is 0 Å². The second-order valence-corrected chi connectivity index (χ2v) is 4.35. The average Bonchev–Trinajstić information content (AvgIpc) is 2.55. The van der Waals surface area contributed by atoms with Crippen molar-refractivity contribution in [1.82, 2.24) is 4.90 Å². The molecule has 0 radical (unpaired) electrons. The number of nitrogens with two attached hydrogens (primary N) is 1. The fourth-order valence-corrected chi connectivity index (χ4v) is 2.77. The summed E-state index contributed by atoms with van der Waals surface area (Å²) < 4.78 is 0. The van der Waals surface area contributed by atoms with Crippen molar-refractivity contribution in [2.45, 2.75) is 24.9 Å². The number of carbonyl (C=O) groups is 1. The van der Waals surface area contributed by atoms with E-state index >= 15 is 0 Å². The predicted octanol–water partition coefficient (Wildman–Crippen LogP) is 0.843. The van der Waals surface area contributed by atoms with E-state index < -0.39 is 0 Å². The Morgan fingerprint density at radius 2 is 2.13 bits per heavy atom. The first-order valence-corrected chi connectivity index (χ1v) is 5.40. The SMILES string of the molecule is NC1CC(=O)N2CCc3ccccc3C12. The Kier molecular flexibility index (Phi) is 1.83. The van der Waals surface area contributed by atoms with Gasteiger partial charge in [0.05, 0.1) is 6.04 Å². The summed E-state index contributed by atoms with van der Waals surface area (Å²) in [5, 5.41) is 0. The lowest BCUT2D eigenvalue weighted by Crippen LogP contribution is -2.38. The van der Waals surface area contributed by atoms with E-state index in [2.05, 4.69) is 18.2 Å². The smallest absolute Gasteiger partial charge is 0.224 e. The molecule has 2 aliphatic heterocycles. The molecule has 1 saturated heterocycles. The van der Waals surface area contributed by atoms with Gasteiger partial charge < -0.3 is 10.6 Å². The highest BCUT2D eigenvalue weighted by Gasteiger charge is 2.41. The second kappa shape index (κ2) is 3.07. The first-order chi connectivity index (χ1) is 7.27. The summed E-state index contributed by atoms with van der Waals surface area (Å²) in [6.07, 6.45) is 1.46. The van der Waals surface area contributed by atoms with Crippen molar-refractivity contribution in [1.29, 1.82) is 0 Å². The van der Waals surface area contributed by atoms with Gasteiger partial charge in [0.15, 0.2) is 0 Å². The Balaban J connectivity index is 2.09. The summed E-state index contributed by atoms with van der Waals surface area (Å²) in [5.41, 5.74) is 8.63. The first-order valence-electron chi connectivity index (χ1n) is 5.40. The third-order valence-corrected chi connectivity index (χ3v) is 3.47. The van der Waals surface area contributed by atoms with Crippen LogP contribution in [-0.2, 0) is 11.2 Å². The summed E-state index contributed by atoms with van der Waals surface area (Å²) in [7, 11) is 0. The van der Waals surface area contributed by atoms with E-state index in [1.54, 1.807) is 0 Å². The molecule has 1 aromatic rings. The predicted molar refractivity (Wildman–Crippen MR) is 57.2 cm³/mol. The topological polar surface area (TPSA) is 46.3 Å². The highest BCUT2D eigenvalue weighted by molar-refractivity contribution is 5.81. The molecule has 2 unspecified atom stereocenters. The molecular weight excluding hydrogens is 188 g/mol. The molecule has 3 heteroatoms. The van der Waals surface area contributed by atoms with Crippen LogP contribution in [0.5, 0.6) is 0 Å². The summed E-state index contributed by atoms with van der Waals surface area (Å²) in [6.45, 7) is 0.828. The zero-order valence-corrected chi connectivity index (χ0v) is 8.52. The average molecular weight is 202 g/mol. The molecule has 2 heterocycles. The van der Waals surface area contributed by atoms with Gasteiger partial charge in [-0.1, -0.05) is 24.3 Å². The normalized spacial score (nSPS) is 28.9. The molecule has 1 aromatic carbocycles. The van der Waals surface area contributed by atoms with Crippen LogP contribution in [0.25, 0.3) is 0 Å². The van der Waals surface area contributed by atoms with Gasteiger partial charge in [-0.2, -0.15) is 0 Å². The largest absolute Gasteiger partial charge is 0.334 e. The van der Waals surface area contributed by atoms with Crippen molar-refractivity contribution in [3.05, 3.63) is 35.4 Å². The van der Waals surface area contributed by atoms with E-state index in [0.717, 1.165) is 13.0 Å². The lowest BCUT2D eigenvalue weighted by atomic mass is 9.91. The number of benzene rings is 1. The van der Waals surface area contributed by atoms with Crippen LogP contribution in [0.4, 0.5) is 0 Å². The lowest BCUT2D eigenvalue weighted by Gasteiger charge is -2.33. The Bertz CT molecular complexity index is 416. The molecule has 2 atom stereocenters. The van der Waals surface area contributed by atoms with E-state index in [1.807, 2.05) is 11.0 Å². The summed E-state index contributed by atoms with van der Waals surface area (Å²) in [5.74, 6) is 0.210. The third-order valence-electron chi connectivity index (χ3n) is 3.47. The molecule has 1 amide bonds. The molecule has 0 saturated carbocycles. The van der Waals surface area contributed by atoms with Crippen molar-refractivity contribution in [3.63, 3.8) is 0 Å². The van der Waals surface area contributed by atoms with Gasteiger partial charge in [0.25, 0.3) is 0 Å². The lowest BCUT2D eigenvalue weighted by molar-refractivity contribution is -0.129. The van der Waals surface area contributed by atoms with Crippen LogP contribution >= 0.6 is 0 Å². The third kappa shape index (κ3) is 1.20. The van der Waals surface area contributed by atoms with Gasteiger partial charge in [-0.15, -0.1) is 0 Å². The number of fused-ring (bicyclic) bond motifs is 3. The van der Waals surface area contributed by atoms with Crippen LogP contribution in [0.1, 0.15) is 23.6 Å². The molecule has 3 nitrogen and oxygen atoms in total. The van der Waals surface area contributed by atoms with Gasteiger partial charge in [0.2, 0.25) is 5.91 Å². The molecule has 0 bridgehead atoms. The number of hydrogen-bond donors (Lipinski definition) is 1. The van der Waals surface area contributed by atoms with Crippen LogP contribution < -0.4 is 5.73 Å². The Morgan fingerprint density at radius 3 is 3.00 bits per heavy atom. The quantitative estimate of drug-likeness (QED) is 0.677. The zero-order valence-electron chi connectivity index (χ0n) is 8.52. The van der Waals surface area contributed by atoms with E-state index in [9.17, 15) is 4.79 Å². The Morgan fingerprint density at radius 1 is 1.33 bits per heavy atom. The van der Waals surface area contributed by atoms with E-state index in [1.165, 1.54) is 11.1 Å². The van der Waals surface area contributed by atoms with Crippen LogP contribution in [0, 0.1) is 0 Å². The molecular formula is C12H14N2O. The standard InChI is InChI=1S/C12H14N2O/c13-10-7-11(15)14-6-5-8-3-1-2-4-9(8)12(10)14/h1-4,10,12H,5-7,13H2. The van der Waals surface area contributed by atoms with Crippen LogP contribution in [0.15, 0.2) is 24.3 Å². The molecule has 0 spiro atoms. The molecule has 1 fully saturated rings. The van der Waals surface area contributed by atoms with E-state index in [0.29, 0.717) is 6.42 Å². The van der Waals surface area contributed by atoms with Gasteiger partial charge in [-0.3, -0.25) is 4.79 Å². The van der Waals surface area contributed by atoms with Gasteiger partial charge >= 0.3 is 0 Å². The number of hydrogen-bond acceptors (Lipinski definition) is 2. The molecule has 78 valence electrons. The maximum Gasteiger partial charge on any atom is 0.224 e. The van der Waals surface area contributed by atoms with Gasteiger partial charge in [0, 0.05) is 19.0 Å². The van der Waals surface area contributed by atoms with Crippen LogP contribution in [-0.4, -0.2) is 23.4 Å². The fraction of sp³-hybridized carbons (Fsp3) is 0.417. The van der Waals surface area contributed by atoms with Crippen molar-refractivity contribution in [3.8, 4) is 0 Å². The summed E-state index contributed by atoms with van der Waals surface area (Å²) in [6, 6.07) is 8.42. The Hall–Kier alpha value is -1.35.